The number of carbonyl (C=O) groups is 5. The van der Waals surface area contributed by atoms with Crippen molar-refractivity contribution >= 4 is 41.0 Å². The average molecular weight is 902 g/mol. The van der Waals surface area contributed by atoms with Gasteiger partial charge in [-0.25, -0.2) is 4.79 Å². The standard InChI is InChI=1S/C49H75NO12S/c1-29-15-11-10-12-16-35(7)63-28-37-20-18-34(6)49(58,62-37)46(55)47(56)50-22-14-13-17-38(50)48(57)61-41(31(3)25-36-19-21-39(51)42(26-36)59-8)27-40(52)30(2)24-33(5)44(54)45(60-9)43(53)32(4)23-29/h10-12,15-16,24,29-32,34,36-39,41-42,44-45,51,54,58H,13-14,17-23,25-28H2,1-9H3/b12-10+,15-11+,33-24+,35-16+/t29-,30-,31-,32-,34-,36+,37+,38+,39-,41+,42-,44-,45+,49-/m1/s1. The summed E-state index contributed by atoms with van der Waals surface area (Å²) in [4.78, 5) is 72.4. The molecule has 3 N–H and O–H groups in total. The van der Waals surface area contributed by atoms with Gasteiger partial charge < -0.3 is 39.2 Å². The van der Waals surface area contributed by atoms with Crippen molar-refractivity contribution in [3.63, 3.8) is 0 Å². The molecule has 4 aliphatic rings. The van der Waals surface area contributed by atoms with E-state index < -0.39 is 77.8 Å². The lowest BCUT2D eigenvalue weighted by Gasteiger charge is -2.42. The van der Waals surface area contributed by atoms with Crippen LogP contribution < -0.4 is 0 Å². The van der Waals surface area contributed by atoms with Crippen LogP contribution in [-0.2, 0) is 42.9 Å². The summed E-state index contributed by atoms with van der Waals surface area (Å²) in [5.74, 6) is -7.26. The number of ether oxygens (including phenoxy) is 4. The Bertz CT molecular complexity index is 1710. The Kier molecular flexibility index (Phi) is 20.5. The maximum absolute atomic E-state index is 14.3. The molecule has 0 unspecified atom stereocenters. The zero-order chi connectivity index (χ0) is 46.6. The molecule has 1 aliphatic carbocycles. The smallest absolute Gasteiger partial charge is 0.329 e. The minimum absolute atomic E-state index is 0.0449. The number of aliphatic hydroxyl groups is 3. The molecular weight excluding hydrogens is 827 g/mol. The summed E-state index contributed by atoms with van der Waals surface area (Å²) in [5, 5.41) is 33.7. The summed E-state index contributed by atoms with van der Waals surface area (Å²) in [6.07, 6.45) is 11.8. The van der Waals surface area contributed by atoms with Crippen LogP contribution in [-0.4, -0.2) is 124 Å². The second-order valence-corrected chi connectivity index (χ2v) is 20.1. The van der Waals surface area contributed by atoms with E-state index in [1.54, 1.807) is 34.0 Å². The lowest BCUT2D eigenvalue weighted by molar-refractivity contribution is -0.258. The fourth-order valence-electron chi connectivity index (χ4n) is 9.51. The Hall–Kier alpha value is -2.98. The SMILES string of the molecule is CO[C@@H]1C[C@H](C[C@@H](C)[C@@H]2CC(=O)[C@H](C)/C=C(\C)[C@@H](O)[C@@H](OC)C(=O)[C@H](C)C[C@H](C)/C=C/C=C/C=C(\C)SC[C@@H]3CC[C@@H](C)[C@@](O)(O3)C(=O)C(=O)N3CCCC[C@H]3C(=O)O2)CC[C@H]1O. The van der Waals surface area contributed by atoms with Gasteiger partial charge in [0.1, 0.15) is 30.1 Å². The molecule has 1 saturated carbocycles. The highest BCUT2D eigenvalue weighted by Crippen LogP contribution is 2.37. The number of aliphatic hydroxyl groups excluding tert-OH is 2. The summed E-state index contributed by atoms with van der Waals surface area (Å²) in [6.45, 7) is 12.8. The van der Waals surface area contributed by atoms with E-state index in [9.17, 15) is 39.3 Å². The summed E-state index contributed by atoms with van der Waals surface area (Å²) in [5.41, 5.74) is 0.394. The third-order valence-electron chi connectivity index (χ3n) is 13.7. The third-order valence-corrected chi connectivity index (χ3v) is 14.8. The zero-order valence-electron chi connectivity index (χ0n) is 39.0. The van der Waals surface area contributed by atoms with E-state index in [1.807, 2.05) is 58.1 Å². The Labute approximate surface area is 379 Å². The number of esters is 1. The number of hydrogen-bond donors (Lipinski definition) is 3. The number of amides is 1. The highest BCUT2D eigenvalue weighted by molar-refractivity contribution is 8.03. The van der Waals surface area contributed by atoms with Gasteiger partial charge in [0.05, 0.1) is 18.3 Å². The van der Waals surface area contributed by atoms with Crippen LogP contribution in [0.2, 0.25) is 0 Å². The average Bonchev–Trinajstić information content (AvgIpc) is 3.26. The zero-order valence-corrected chi connectivity index (χ0v) is 39.8. The molecule has 0 aromatic heterocycles. The maximum atomic E-state index is 14.3. The number of Topliss-reactive ketones (excluding diaryl/α,β-unsaturated/α-hetero) is 3. The van der Waals surface area contributed by atoms with Crippen molar-refractivity contribution in [3.8, 4) is 0 Å². The van der Waals surface area contributed by atoms with Gasteiger partial charge in [0.2, 0.25) is 5.79 Å². The second kappa shape index (κ2) is 24.5. The van der Waals surface area contributed by atoms with Gasteiger partial charge in [0.25, 0.3) is 11.7 Å². The van der Waals surface area contributed by atoms with Crippen LogP contribution in [0, 0.1) is 35.5 Å². The molecule has 14 atom stereocenters. The van der Waals surface area contributed by atoms with Crippen molar-refractivity contribution in [3.05, 3.63) is 46.9 Å². The highest BCUT2D eigenvalue weighted by Gasteiger charge is 2.53. The first-order valence-corrected chi connectivity index (χ1v) is 24.1. The Morgan fingerprint density at radius 2 is 1.65 bits per heavy atom. The molecule has 1 amide bonds. The van der Waals surface area contributed by atoms with Crippen molar-refractivity contribution in [2.75, 3.05) is 26.5 Å². The van der Waals surface area contributed by atoms with Gasteiger partial charge in [-0.1, -0.05) is 71.1 Å². The van der Waals surface area contributed by atoms with Crippen molar-refractivity contribution in [1.29, 1.82) is 0 Å². The Morgan fingerprint density at radius 1 is 0.921 bits per heavy atom. The monoisotopic (exact) mass is 902 g/mol. The quantitative estimate of drug-likeness (QED) is 0.155. The molecule has 0 radical (unpaired) electrons. The predicted octanol–water partition coefficient (Wildman–Crippen LogP) is 6.47. The molecule has 2 bridgehead atoms. The number of ketones is 3. The van der Waals surface area contributed by atoms with Crippen LogP contribution in [0.1, 0.15) is 119 Å². The fraction of sp³-hybridized carbons (Fsp3) is 0.735. The third kappa shape index (κ3) is 14.3. The number of nitrogens with zero attached hydrogens (tertiary/aromatic N) is 1. The normalized spacial score (nSPS) is 40.1. The number of methoxy groups -OCH3 is 2. The molecule has 354 valence electrons. The molecule has 0 spiro atoms. The number of carbonyl (C=O) groups excluding carboxylic acids is 5. The largest absolute Gasteiger partial charge is 0.460 e. The summed E-state index contributed by atoms with van der Waals surface area (Å²) >= 11 is 1.52. The second-order valence-electron chi connectivity index (χ2n) is 18.8. The van der Waals surface area contributed by atoms with E-state index in [4.69, 9.17) is 18.9 Å². The van der Waals surface area contributed by atoms with E-state index in [0.29, 0.717) is 62.7 Å². The topological polar surface area (TPSA) is 186 Å². The number of fused-ring (bicyclic) bond motifs is 3. The number of allylic oxidation sites excluding steroid dienone is 7. The van der Waals surface area contributed by atoms with Crippen LogP contribution in [0.3, 0.4) is 0 Å². The summed E-state index contributed by atoms with van der Waals surface area (Å²) < 4.78 is 23.4. The lowest BCUT2D eigenvalue weighted by atomic mass is 9.78. The Morgan fingerprint density at radius 3 is 2.35 bits per heavy atom. The van der Waals surface area contributed by atoms with Crippen LogP contribution in [0.25, 0.3) is 0 Å². The number of piperidine rings is 1. The Balaban J connectivity index is 1.67. The molecule has 3 fully saturated rings. The number of hydrogen-bond acceptors (Lipinski definition) is 13. The summed E-state index contributed by atoms with van der Waals surface area (Å²) in [6, 6.07) is -1.12. The number of rotatable bonds is 5. The van der Waals surface area contributed by atoms with Crippen LogP contribution in [0.5, 0.6) is 0 Å². The van der Waals surface area contributed by atoms with E-state index in [0.717, 1.165) is 11.3 Å². The van der Waals surface area contributed by atoms with Crippen LogP contribution >= 0.6 is 11.8 Å². The van der Waals surface area contributed by atoms with Gasteiger partial charge in [-0.15, -0.1) is 11.8 Å². The van der Waals surface area contributed by atoms with Gasteiger partial charge in [-0.05, 0) is 106 Å². The predicted molar refractivity (Wildman–Crippen MR) is 242 cm³/mol. The van der Waals surface area contributed by atoms with Crippen molar-refractivity contribution in [1.82, 2.24) is 4.90 Å². The highest BCUT2D eigenvalue weighted by atomic mass is 32.2. The molecule has 2 saturated heterocycles. The minimum atomic E-state index is -2.37. The van der Waals surface area contributed by atoms with Crippen molar-refractivity contribution < 1.29 is 58.2 Å². The van der Waals surface area contributed by atoms with Gasteiger partial charge in [0.15, 0.2) is 5.78 Å². The first-order chi connectivity index (χ1) is 29.8. The molecule has 0 aromatic rings. The molecular formula is C49H75NO12S. The van der Waals surface area contributed by atoms with Crippen LogP contribution in [0.4, 0.5) is 0 Å². The first kappa shape index (κ1) is 52.6. The van der Waals surface area contributed by atoms with E-state index in [1.165, 1.54) is 23.8 Å². The van der Waals surface area contributed by atoms with Crippen LogP contribution in [0.15, 0.2) is 46.9 Å². The molecule has 14 heteroatoms. The molecule has 3 heterocycles. The number of cyclic esters (lactones) is 1. The maximum Gasteiger partial charge on any atom is 0.329 e. The molecule has 13 nitrogen and oxygen atoms in total. The van der Waals surface area contributed by atoms with E-state index in [-0.39, 0.29) is 54.8 Å². The molecule has 63 heavy (non-hydrogen) atoms. The van der Waals surface area contributed by atoms with E-state index >= 15 is 0 Å². The van der Waals surface area contributed by atoms with Gasteiger partial charge >= 0.3 is 5.97 Å². The summed E-state index contributed by atoms with van der Waals surface area (Å²) in [7, 11) is 2.95. The van der Waals surface area contributed by atoms with E-state index in [2.05, 4.69) is 0 Å². The van der Waals surface area contributed by atoms with Crippen molar-refractivity contribution in [2.45, 2.75) is 168 Å². The lowest BCUT2D eigenvalue weighted by Crippen LogP contribution is -2.61. The van der Waals surface area contributed by atoms with Gasteiger partial charge in [0, 0.05) is 50.7 Å². The molecule has 3 aliphatic heterocycles. The molecule has 0 aromatic carbocycles. The van der Waals surface area contributed by atoms with Crippen molar-refractivity contribution in [2.24, 2.45) is 35.5 Å². The fourth-order valence-corrected chi connectivity index (χ4v) is 10.4. The molecule has 4 rings (SSSR count). The first-order valence-electron chi connectivity index (χ1n) is 23.1. The van der Waals surface area contributed by atoms with Gasteiger partial charge in [-0.2, -0.15) is 0 Å². The minimum Gasteiger partial charge on any atom is -0.460 e. The number of thioether (sulfide) groups is 1. The van der Waals surface area contributed by atoms with Gasteiger partial charge in [-0.3, -0.25) is 19.2 Å².